The molecule has 0 fully saturated rings. The molecule has 5 heteroatoms. The largest absolute Gasteiger partial charge is 0.506 e. The Hall–Kier alpha value is -1.75. The zero-order valence-electron chi connectivity index (χ0n) is 10.8. The monoisotopic (exact) mass is 252 g/mol. The van der Waals surface area contributed by atoms with E-state index in [9.17, 15) is 9.90 Å². The number of carbonyl (C=O) groups excluding carboxylic acids is 1. The Morgan fingerprint density at radius 2 is 2.28 bits per heavy atom. The molecule has 1 rings (SSSR count). The van der Waals surface area contributed by atoms with Gasteiger partial charge in [-0.3, -0.25) is 4.79 Å². The minimum absolute atomic E-state index is 0.0241. The predicted octanol–water partition coefficient (Wildman–Crippen LogP) is 1.71. The van der Waals surface area contributed by atoms with E-state index in [-0.39, 0.29) is 11.7 Å². The highest BCUT2D eigenvalue weighted by atomic mass is 16.5. The fraction of sp³-hybridized carbons (Fsp3) is 0.462. The molecule has 0 aliphatic carbocycles. The summed E-state index contributed by atoms with van der Waals surface area (Å²) in [7, 11) is 1.53. The van der Waals surface area contributed by atoms with Crippen molar-refractivity contribution < 1.29 is 14.6 Å². The minimum atomic E-state index is -0.140. The molecule has 0 aliphatic heterocycles. The Morgan fingerprint density at radius 3 is 2.89 bits per heavy atom. The highest BCUT2D eigenvalue weighted by Crippen LogP contribution is 2.27. The third-order valence-electron chi connectivity index (χ3n) is 2.74. The average molecular weight is 252 g/mol. The average Bonchev–Trinajstić information content (AvgIpc) is 2.38. The van der Waals surface area contributed by atoms with Crippen LogP contribution < -0.4 is 15.8 Å². The Kier molecular flexibility index (Phi) is 5.45. The van der Waals surface area contributed by atoms with Crippen molar-refractivity contribution in [3.63, 3.8) is 0 Å². The van der Waals surface area contributed by atoms with Crippen LogP contribution in [0.3, 0.4) is 0 Å². The fourth-order valence-electron chi connectivity index (χ4n) is 1.45. The summed E-state index contributed by atoms with van der Waals surface area (Å²) in [5, 5.41) is 12.3. The van der Waals surface area contributed by atoms with Gasteiger partial charge >= 0.3 is 0 Å². The van der Waals surface area contributed by atoms with E-state index in [0.29, 0.717) is 30.3 Å². The van der Waals surface area contributed by atoms with E-state index in [1.165, 1.54) is 13.2 Å². The quantitative estimate of drug-likeness (QED) is 0.673. The van der Waals surface area contributed by atoms with Crippen LogP contribution in [0, 0.1) is 5.92 Å². The van der Waals surface area contributed by atoms with E-state index < -0.39 is 0 Å². The van der Waals surface area contributed by atoms with Gasteiger partial charge < -0.3 is 20.9 Å². The van der Waals surface area contributed by atoms with Gasteiger partial charge in [0.05, 0.1) is 12.8 Å². The lowest BCUT2D eigenvalue weighted by Crippen LogP contribution is -2.16. The summed E-state index contributed by atoms with van der Waals surface area (Å²) in [6.45, 7) is 2.56. The molecule has 1 amide bonds. The van der Waals surface area contributed by atoms with Crippen molar-refractivity contribution in [3.8, 4) is 11.5 Å². The number of phenolic OH excluding ortho intramolecular Hbond substituents is 1. The van der Waals surface area contributed by atoms with Crippen molar-refractivity contribution in [2.75, 3.05) is 19.0 Å². The second kappa shape index (κ2) is 6.86. The molecule has 1 unspecified atom stereocenters. The standard InChI is InChI=1S/C13H20N2O3/c1-9(8-14)3-6-13(17)15-11-7-10(18-2)4-5-12(11)16/h4-5,7,9,16H,3,6,8,14H2,1-2H3,(H,15,17). The first-order valence-corrected chi connectivity index (χ1v) is 5.93. The van der Waals surface area contributed by atoms with Crippen LogP contribution in [-0.2, 0) is 4.79 Å². The Balaban J connectivity index is 2.58. The van der Waals surface area contributed by atoms with Crippen molar-refractivity contribution in [2.45, 2.75) is 19.8 Å². The Bertz CT molecular complexity index is 407. The lowest BCUT2D eigenvalue weighted by Gasteiger charge is -2.10. The molecule has 0 aliphatic rings. The van der Waals surface area contributed by atoms with Gasteiger partial charge in [-0.15, -0.1) is 0 Å². The zero-order chi connectivity index (χ0) is 13.5. The van der Waals surface area contributed by atoms with Crippen LogP contribution in [-0.4, -0.2) is 24.7 Å². The number of amides is 1. The van der Waals surface area contributed by atoms with Gasteiger partial charge in [-0.25, -0.2) is 0 Å². The molecule has 0 saturated heterocycles. The molecular weight excluding hydrogens is 232 g/mol. The summed E-state index contributed by atoms with van der Waals surface area (Å²) in [6.07, 6.45) is 1.11. The number of benzene rings is 1. The molecule has 0 heterocycles. The van der Waals surface area contributed by atoms with Gasteiger partial charge in [0, 0.05) is 12.5 Å². The summed E-state index contributed by atoms with van der Waals surface area (Å²) in [5.74, 6) is 0.781. The van der Waals surface area contributed by atoms with Crippen LogP contribution in [0.25, 0.3) is 0 Å². The van der Waals surface area contributed by atoms with Gasteiger partial charge in [0.2, 0.25) is 5.91 Å². The Morgan fingerprint density at radius 1 is 1.56 bits per heavy atom. The van der Waals surface area contributed by atoms with Crippen molar-refractivity contribution in [1.82, 2.24) is 0 Å². The van der Waals surface area contributed by atoms with Crippen molar-refractivity contribution in [1.29, 1.82) is 0 Å². The minimum Gasteiger partial charge on any atom is -0.506 e. The predicted molar refractivity (Wildman–Crippen MR) is 70.7 cm³/mol. The zero-order valence-corrected chi connectivity index (χ0v) is 10.8. The lowest BCUT2D eigenvalue weighted by molar-refractivity contribution is -0.116. The second-order valence-electron chi connectivity index (χ2n) is 4.31. The maximum Gasteiger partial charge on any atom is 0.224 e. The smallest absolute Gasteiger partial charge is 0.224 e. The normalized spacial score (nSPS) is 11.9. The first-order chi connectivity index (χ1) is 8.56. The van der Waals surface area contributed by atoms with E-state index >= 15 is 0 Å². The van der Waals surface area contributed by atoms with Crippen molar-refractivity contribution in [2.24, 2.45) is 11.7 Å². The molecule has 0 spiro atoms. The molecule has 5 nitrogen and oxygen atoms in total. The number of carbonyl (C=O) groups is 1. The fourth-order valence-corrected chi connectivity index (χ4v) is 1.45. The number of hydrogen-bond acceptors (Lipinski definition) is 4. The molecule has 1 aromatic carbocycles. The highest BCUT2D eigenvalue weighted by Gasteiger charge is 2.09. The number of methoxy groups -OCH3 is 1. The third kappa shape index (κ3) is 4.25. The number of nitrogens with one attached hydrogen (secondary N) is 1. The number of nitrogens with two attached hydrogens (primary N) is 1. The molecule has 4 N–H and O–H groups in total. The van der Waals surface area contributed by atoms with Gasteiger partial charge in [-0.2, -0.15) is 0 Å². The van der Waals surface area contributed by atoms with E-state index in [1.54, 1.807) is 12.1 Å². The molecule has 0 saturated carbocycles. The molecule has 18 heavy (non-hydrogen) atoms. The van der Waals surface area contributed by atoms with E-state index in [2.05, 4.69) is 5.32 Å². The summed E-state index contributed by atoms with van der Waals surface area (Å²) >= 11 is 0. The van der Waals surface area contributed by atoms with Crippen LogP contribution in [0.15, 0.2) is 18.2 Å². The molecule has 0 bridgehead atoms. The maximum absolute atomic E-state index is 11.7. The van der Waals surface area contributed by atoms with Crippen LogP contribution in [0.4, 0.5) is 5.69 Å². The second-order valence-corrected chi connectivity index (χ2v) is 4.31. The van der Waals surface area contributed by atoms with Crippen LogP contribution in [0.1, 0.15) is 19.8 Å². The number of rotatable bonds is 6. The van der Waals surface area contributed by atoms with Crippen LogP contribution in [0.2, 0.25) is 0 Å². The number of ether oxygens (including phenoxy) is 1. The summed E-state index contributed by atoms with van der Waals surface area (Å²) in [4.78, 5) is 11.7. The van der Waals surface area contributed by atoms with E-state index in [1.807, 2.05) is 6.92 Å². The van der Waals surface area contributed by atoms with Crippen LogP contribution in [0.5, 0.6) is 11.5 Å². The first kappa shape index (κ1) is 14.3. The SMILES string of the molecule is COc1ccc(O)c(NC(=O)CCC(C)CN)c1. The van der Waals surface area contributed by atoms with Gasteiger partial charge in [-0.05, 0) is 31.0 Å². The van der Waals surface area contributed by atoms with Gasteiger partial charge in [0.1, 0.15) is 11.5 Å². The van der Waals surface area contributed by atoms with Crippen LogP contribution >= 0.6 is 0 Å². The lowest BCUT2D eigenvalue weighted by atomic mass is 10.1. The number of hydrogen-bond donors (Lipinski definition) is 3. The maximum atomic E-state index is 11.7. The topological polar surface area (TPSA) is 84.6 Å². The van der Waals surface area contributed by atoms with Crippen molar-refractivity contribution >= 4 is 11.6 Å². The molecule has 0 aromatic heterocycles. The molecule has 1 aromatic rings. The number of phenols is 1. The summed E-state index contributed by atoms with van der Waals surface area (Å²) in [5.41, 5.74) is 5.85. The molecule has 1 atom stereocenters. The number of anilines is 1. The van der Waals surface area contributed by atoms with E-state index in [4.69, 9.17) is 10.5 Å². The van der Waals surface area contributed by atoms with Gasteiger partial charge in [0.25, 0.3) is 0 Å². The van der Waals surface area contributed by atoms with Gasteiger partial charge in [0.15, 0.2) is 0 Å². The number of aromatic hydroxyl groups is 1. The third-order valence-corrected chi connectivity index (χ3v) is 2.74. The summed E-state index contributed by atoms with van der Waals surface area (Å²) < 4.78 is 5.03. The molecular formula is C13H20N2O3. The molecule has 100 valence electrons. The van der Waals surface area contributed by atoms with E-state index in [0.717, 1.165) is 6.42 Å². The van der Waals surface area contributed by atoms with Crippen molar-refractivity contribution in [3.05, 3.63) is 18.2 Å². The first-order valence-electron chi connectivity index (χ1n) is 5.93. The van der Waals surface area contributed by atoms with Gasteiger partial charge in [-0.1, -0.05) is 6.92 Å². The highest BCUT2D eigenvalue weighted by molar-refractivity contribution is 5.92. The molecule has 0 radical (unpaired) electrons. The summed E-state index contributed by atoms with van der Waals surface area (Å²) in [6, 6.07) is 4.69. The Labute approximate surface area is 107 Å².